The zero-order valence-corrected chi connectivity index (χ0v) is 15.2. The first kappa shape index (κ1) is 17.5. The summed E-state index contributed by atoms with van der Waals surface area (Å²) in [7, 11) is 2.11. The molecule has 0 bridgehead atoms. The highest BCUT2D eigenvalue weighted by atomic mass is 16.5. The molecule has 0 spiro atoms. The van der Waals surface area contributed by atoms with Crippen molar-refractivity contribution in [3.8, 4) is 5.75 Å². The summed E-state index contributed by atoms with van der Waals surface area (Å²) >= 11 is 0. The molecule has 0 atom stereocenters. The number of hydrogen-bond acceptors (Lipinski definition) is 6. The van der Waals surface area contributed by atoms with E-state index in [1.54, 1.807) is 24.3 Å². The molecule has 4 rings (SSSR count). The predicted molar refractivity (Wildman–Crippen MR) is 103 cm³/mol. The van der Waals surface area contributed by atoms with Crippen molar-refractivity contribution in [2.24, 2.45) is 0 Å². The summed E-state index contributed by atoms with van der Waals surface area (Å²) in [6, 6.07) is 12.4. The van der Waals surface area contributed by atoms with E-state index in [-0.39, 0.29) is 17.4 Å². The van der Waals surface area contributed by atoms with Gasteiger partial charge in [0.15, 0.2) is 11.5 Å². The zero-order chi connectivity index (χ0) is 18.8. The van der Waals surface area contributed by atoms with E-state index in [1.807, 2.05) is 18.2 Å². The van der Waals surface area contributed by atoms with Crippen LogP contribution >= 0.6 is 0 Å². The summed E-state index contributed by atoms with van der Waals surface area (Å²) < 4.78 is 5.35. The van der Waals surface area contributed by atoms with Crippen molar-refractivity contribution in [2.45, 2.75) is 6.54 Å². The van der Waals surface area contributed by atoms with Crippen LogP contribution in [0.1, 0.15) is 16.2 Å². The van der Waals surface area contributed by atoms with Gasteiger partial charge in [0, 0.05) is 37.6 Å². The molecule has 27 heavy (non-hydrogen) atoms. The molecule has 1 aliphatic rings. The van der Waals surface area contributed by atoms with Crippen molar-refractivity contribution in [3.05, 3.63) is 53.9 Å². The number of benzene rings is 2. The first-order valence-electron chi connectivity index (χ1n) is 8.99. The summed E-state index contributed by atoms with van der Waals surface area (Å²) in [5.41, 5.74) is 0.769. The minimum atomic E-state index is -0.362. The van der Waals surface area contributed by atoms with E-state index in [0.29, 0.717) is 23.4 Å². The maximum absolute atomic E-state index is 12.6. The average molecular weight is 366 g/mol. The van der Waals surface area contributed by atoms with Crippen molar-refractivity contribution < 1.29 is 14.4 Å². The minimum Gasteiger partial charge on any atom is -0.507 e. The van der Waals surface area contributed by atoms with Gasteiger partial charge in [0.25, 0.3) is 5.91 Å². The van der Waals surface area contributed by atoms with Crippen LogP contribution in [0.5, 0.6) is 5.75 Å². The van der Waals surface area contributed by atoms with Crippen LogP contribution in [0.3, 0.4) is 0 Å². The van der Waals surface area contributed by atoms with E-state index >= 15 is 0 Å². The first-order chi connectivity index (χ1) is 13.1. The maximum Gasteiger partial charge on any atom is 0.277 e. The smallest absolute Gasteiger partial charge is 0.277 e. The van der Waals surface area contributed by atoms with Crippen LogP contribution in [0.2, 0.25) is 0 Å². The lowest BCUT2D eigenvalue weighted by Crippen LogP contribution is -2.43. The average Bonchev–Trinajstić information content (AvgIpc) is 3.13. The summed E-state index contributed by atoms with van der Waals surface area (Å²) in [5.74, 6) is 0.434. The topological polar surface area (TPSA) is 81.8 Å². The Morgan fingerprint density at radius 2 is 1.93 bits per heavy atom. The third kappa shape index (κ3) is 3.79. The number of fused-ring (bicyclic) bond motifs is 1. The SMILES string of the molecule is CN1CCN(Cc2cc(C(=O)Nc3cccc4cccc(O)c34)no2)CC1. The number of piperazine rings is 1. The Morgan fingerprint density at radius 1 is 1.19 bits per heavy atom. The molecular weight excluding hydrogens is 344 g/mol. The monoisotopic (exact) mass is 366 g/mol. The normalized spacial score (nSPS) is 15.9. The Labute approximate surface area is 157 Å². The molecule has 2 aromatic carbocycles. The fourth-order valence-corrected chi connectivity index (χ4v) is 3.33. The summed E-state index contributed by atoms with van der Waals surface area (Å²) in [5, 5.41) is 18.3. The van der Waals surface area contributed by atoms with Gasteiger partial charge < -0.3 is 19.8 Å². The minimum absolute atomic E-state index is 0.124. The lowest BCUT2D eigenvalue weighted by Gasteiger charge is -2.31. The third-order valence-corrected chi connectivity index (χ3v) is 4.90. The number of phenolic OH excluding ortho intramolecular Hbond substituents is 1. The molecule has 0 aliphatic carbocycles. The highest BCUT2D eigenvalue weighted by Crippen LogP contribution is 2.31. The molecule has 140 valence electrons. The van der Waals surface area contributed by atoms with Gasteiger partial charge in [-0.05, 0) is 24.6 Å². The molecule has 0 unspecified atom stereocenters. The van der Waals surface area contributed by atoms with Crippen LogP contribution in [0, 0.1) is 0 Å². The number of hydrogen-bond donors (Lipinski definition) is 2. The van der Waals surface area contributed by atoms with Crippen molar-refractivity contribution in [1.82, 2.24) is 15.0 Å². The molecule has 1 aromatic heterocycles. The highest BCUT2D eigenvalue weighted by Gasteiger charge is 2.19. The first-order valence-corrected chi connectivity index (χ1v) is 8.99. The molecule has 1 fully saturated rings. The second kappa shape index (κ2) is 7.38. The molecule has 2 heterocycles. The van der Waals surface area contributed by atoms with Crippen LogP contribution in [-0.4, -0.2) is 59.2 Å². The van der Waals surface area contributed by atoms with Gasteiger partial charge >= 0.3 is 0 Å². The van der Waals surface area contributed by atoms with Gasteiger partial charge in [0.2, 0.25) is 0 Å². The van der Waals surface area contributed by atoms with E-state index in [4.69, 9.17) is 4.52 Å². The Kier molecular flexibility index (Phi) is 4.79. The van der Waals surface area contributed by atoms with Crippen molar-refractivity contribution in [3.63, 3.8) is 0 Å². The van der Waals surface area contributed by atoms with E-state index < -0.39 is 0 Å². The molecule has 0 saturated carbocycles. The number of phenols is 1. The molecule has 3 aromatic rings. The standard InChI is InChI=1S/C20H22N4O3/c1-23-8-10-24(11-9-23)13-15-12-17(22-27-15)20(26)21-16-6-2-4-14-5-3-7-18(25)19(14)16/h2-7,12,25H,8-11,13H2,1H3,(H,21,26). The van der Waals surface area contributed by atoms with Gasteiger partial charge in [-0.25, -0.2) is 0 Å². The highest BCUT2D eigenvalue weighted by molar-refractivity contribution is 6.09. The number of nitrogens with one attached hydrogen (secondary N) is 1. The van der Waals surface area contributed by atoms with Gasteiger partial charge in [0.05, 0.1) is 12.2 Å². The predicted octanol–water partition coefficient (Wildman–Crippen LogP) is 2.53. The maximum atomic E-state index is 12.6. The van der Waals surface area contributed by atoms with Gasteiger partial charge in [-0.2, -0.15) is 0 Å². The summed E-state index contributed by atoms with van der Waals surface area (Å²) in [4.78, 5) is 17.2. The number of aromatic hydroxyl groups is 1. The lowest BCUT2D eigenvalue weighted by atomic mass is 10.1. The van der Waals surface area contributed by atoms with E-state index in [1.165, 1.54) is 0 Å². The molecule has 2 N–H and O–H groups in total. The quantitative estimate of drug-likeness (QED) is 0.738. The Morgan fingerprint density at radius 3 is 2.70 bits per heavy atom. The van der Waals surface area contributed by atoms with E-state index in [0.717, 1.165) is 31.6 Å². The lowest BCUT2D eigenvalue weighted by molar-refractivity contribution is 0.101. The van der Waals surface area contributed by atoms with Crippen LogP contribution in [0.25, 0.3) is 10.8 Å². The van der Waals surface area contributed by atoms with Gasteiger partial charge in [-0.15, -0.1) is 0 Å². The number of aromatic nitrogens is 1. The molecule has 1 amide bonds. The van der Waals surface area contributed by atoms with E-state index in [9.17, 15) is 9.90 Å². The number of nitrogens with zero attached hydrogens (tertiary/aromatic N) is 3. The number of likely N-dealkylation sites (N-methyl/N-ethyl adjacent to an activating group) is 1. The van der Waals surface area contributed by atoms with Crippen LogP contribution in [0.15, 0.2) is 47.0 Å². The number of carbonyl (C=O) groups excluding carboxylic acids is 1. The summed E-state index contributed by atoms with van der Waals surface area (Å²) in [6.45, 7) is 4.61. The molecule has 7 nitrogen and oxygen atoms in total. The molecule has 7 heteroatoms. The van der Waals surface area contributed by atoms with Gasteiger partial charge in [-0.3, -0.25) is 9.69 Å². The second-order valence-corrected chi connectivity index (χ2v) is 6.89. The van der Waals surface area contributed by atoms with Gasteiger partial charge in [-0.1, -0.05) is 29.4 Å². The molecular formula is C20H22N4O3. The Balaban J connectivity index is 1.47. The Hall–Kier alpha value is -2.90. The van der Waals surface area contributed by atoms with Crippen LogP contribution < -0.4 is 5.32 Å². The van der Waals surface area contributed by atoms with Crippen molar-refractivity contribution in [1.29, 1.82) is 0 Å². The largest absolute Gasteiger partial charge is 0.507 e. The molecule has 1 saturated heterocycles. The number of carbonyl (C=O) groups is 1. The number of amides is 1. The molecule has 0 radical (unpaired) electrons. The second-order valence-electron chi connectivity index (χ2n) is 6.89. The van der Waals surface area contributed by atoms with Crippen molar-refractivity contribution in [2.75, 3.05) is 38.5 Å². The van der Waals surface area contributed by atoms with Crippen LogP contribution in [-0.2, 0) is 6.54 Å². The fraction of sp³-hybridized carbons (Fsp3) is 0.300. The number of anilines is 1. The number of rotatable bonds is 4. The van der Waals surface area contributed by atoms with E-state index in [2.05, 4.69) is 27.3 Å². The van der Waals surface area contributed by atoms with Crippen molar-refractivity contribution >= 4 is 22.4 Å². The molecule has 1 aliphatic heterocycles. The van der Waals surface area contributed by atoms with Crippen LogP contribution in [0.4, 0.5) is 5.69 Å². The summed E-state index contributed by atoms with van der Waals surface area (Å²) in [6.07, 6.45) is 0. The fourth-order valence-electron chi connectivity index (χ4n) is 3.33. The van der Waals surface area contributed by atoms with Gasteiger partial charge in [0.1, 0.15) is 5.75 Å². The Bertz CT molecular complexity index is 956. The third-order valence-electron chi connectivity index (χ3n) is 4.90. The zero-order valence-electron chi connectivity index (χ0n) is 15.2.